The smallest absolute Gasteiger partial charge is 0.220 e. The van der Waals surface area contributed by atoms with E-state index in [4.69, 9.17) is 4.74 Å². The molecule has 1 aliphatic rings. The molecule has 0 heterocycles. The second kappa shape index (κ2) is 8.54. The van der Waals surface area contributed by atoms with Crippen LogP contribution in [-0.4, -0.2) is 36.9 Å². The molecule has 1 saturated carbocycles. The molecule has 0 spiro atoms. The molecular formula is C15H29NO3. The molecule has 4 heteroatoms. The van der Waals surface area contributed by atoms with Gasteiger partial charge in [0.25, 0.3) is 0 Å². The van der Waals surface area contributed by atoms with Crippen molar-refractivity contribution in [3.63, 3.8) is 0 Å². The molecule has 19 heavy (non-hydrogen) atoms. The van der Waals surface area contributed by atoms with Crippen molar-refractivity contribution in [3.05, 3.63) is 0 Å². The monoisotopic (exact) mass is 271 g/mol. The highest BCUT2D eigenvalue weighted by atomic mass is 16.5. The van der Waals surface area contributed by atoms with Crippen LogP contribution in [0.1, 0.15) is 58.3 Å². The van der Waals surface area contributed by atoms with Crippen LogP contribution in [0, 0.1) is 5.92 Å². The average Bonchev–Trinajstić information content (AvgIpc) is 2.63. The van der Waals surface area contributed by atoms with E-state index in [0.29, 0.717) is 31.9 Å². The first-order valence-corrected chi connectivity index (χ1v) is 7.51. The van der Waals surface area contributed by atoms with Gasteiger partial charge in [0.2, 0.25) is 5.91 Å². The fourth-order valence-electron chi connectivity index (χ4n) is 2.60. The highest BCUT2D eigenvalue weighted by Crippen LogP contribution is 2.25. The van der Waals surface area contributed by atoms with Crippen molar-refractivity contribution in [1.29, 1.82) is 0 Å². The third-order valence-electron chi connectivity index (χ3n) is 3.96. The van der Waals surface area contributed by atoms with E-state index < -0.39 is 5.60 Å². The standard InChI is InChI=1S/C15H29NO3/c1-15(18,9-10-19-2)12-16-14(17)11-13-7-5-3-4-6-8-13/h13,18H,3-12H2,1-2H3,(H,16,17). The minimum Gasteiger partial charge on any atom is -0.388 e. The fraction of sp³-hybridized carbons (Fsp3) is 0.933. The Morgan fingerprint density at radius 2 is 1.95 bits per heavy atom. The van der Waals surface area contributed by atoms with Crippen LogP contribution in [0.5, 0.6) is 0 Å². The van der Waals surface area contributed by atoms with E-state index in [0.717, 1.165) is 0 Å². The molecule has 0 aromatic carbocycles. The predicted molar refractivity (Wildman–Crippen MR) is 75.9 cm³/mol. The summed E-state index contributed by atoms with van der Waals surface area (Å²) in [7, 11) is 1.61. The first kappa shape index (κ1) is 16.4. The molecule has 4 nitrogen and oxygen atoms in total. The third kappa shape index (κ3) is 7.53. The second-order valence-electron chi connectivity index (χ2n) is 6.08. The second-order valence-corrected chi connectivity index (χ2v) is 6.08. The van der Waals surface area contributed by atoms with Crippen molar-refractivity contribution < 1.29 is 14.6 Å². The van der Waals surface area contributed by atoms with Gasteiger partial charge in [-0.15, -0.1) is 0 Å². The molecule has 0 radical (unpaired) electrons. The Morgan fingerprint density at radius 1 is 1.32 bits per heavy atom. The van der Waals surface area contributed by atoms with Crippen LogP contribution in [0.25, 0.3) is 0 Å². The summed E-state index contributed by atoms with van der Waals surface area (Å²) < 4.78 is 4.95. The zero-order valence-electron chi connectivity index (χ0n) is 12.4. The molecule has 0 aromatic heterocycles. The largest absolute Gasteiger partial charge is 0.388 e. The van der Waals surface area contributed by atoms with Crippen LogP contribution < -0.4 is 5.32 Å². The van der Waals surface area contributed by atoms with Gasteiger partial charge in [-0.2, -0.15) is 0 Å². The van der Waals surface area contributed by atoms with Crippen molar-refractivity contribution in [3.8, 4) is 0 Å². The first-order valence-electron chi connectivity index (χ1n) is 7.51. The molecule has 1 unspecified atom stereocenters. The van der Waals surface area contributed by atoms with E-state index in [1.165, 1.54) is 38.5 Å². The number of rotatable bonds is 7. The van der Waals surface area contributed by atoms with Gasteiger partial charge in [-0.05, 0) is 25.7 Å². The van der Waals surface area contributed by atoms with Crippen LogP contribution in [0.2, 0.25) is 0 Å². The number of carbonyl (C=O) groups excluding carboxylic acids is 1. The van der Waals surface area contributed by atoms with Crippen molar-refractivity contribution >= 4 is 5.91 Å². The van der Waals surface area contributed by atoms with Gasteiger partial charge in [-0.1, -0.05) is 25.7 Å². The summed E-state index contributed by atoms with van der Waals surface area (Å²) in [6, 6.07) is 0. The minimum atomic E-state index is -0.880. The van der Waals surface area contributed by atoms with E-state index in [2.05, 4.69) is 5.32 Å². The molecule has 1 fully saturated rings. The third-order valence-corrected chi connectivity index (χ3v) is 3.96. The normalized spacial score (nSPS) is 20.6. The number of amides is 1. The molecule has 0 aliphatic heterocycles. The number of hydrogen-bond donors (Lipinski definition) is 2. The van der Waals surface area contributed by atoms with Gasteiger partial charge < -0.3 is 15.2 Å². The Labute approximate surface area is 116 Å². The van der Waals surface area contributed by atoms with Crippen LogP contribution >= 0.6 is 0 Å². The molecule has 112 valence electrons. The number of methoxy groups -OCH3 is 1. The molecule has 1 atom stereocenters. The van der Waals surface area contributed by atoms with Crippen LogP contribution in [0.4, 0.5) is 0 Å². The van der Waals surface area contributed by atoms with Crippen molar-refractivity contribution in [2.75, 3.05) is 20.3 Å². The lowest BCUT2D eigenvalue weighted by atomic mass is 9.96. The summed E-state index contributed by atoms with van der Waals surface area (Å²) in [5.74, 6) is 0.607. The van der Waals surface area contributed by atoms with Crippen molar-refractivity contribution in [1.82, 2.24) is 5.32 Å². The van der Waals surface area contributed by atoms with Gasteiger partial charge in [-0.25, -0.2) is 0 Å². The van der Waals surface area contributed by atoms with Gasteiger partial charge in [0.05, 0.1) is 5.60 Å². The molecular weight excluding hydrogens is 242 g/mol. The van der Waals surface area contributed by atoms with Crippen LogP contribution in [0.15, 0.2) is 0 Å². The molecule has 1 aliphatic carbocycles. The lowest BCUT2D eigenvalue weighted by Gasteiger charge is -2.24. The minimum absolute atomic E-state index is 0.0737. The molecule has 2 N–H and O–H groups in total. The number of hydrogen-bond acceptors (Lipinski definition) is 3. The van der Waals surface area contributed by atoms with Crippen molar-refractivity contribution in [2.24, 2.45) is 5.92 Å². The number of ether oxygens (including phenoxy) is 1. The fourth-order valence-corrected chi connectivity index (χ4v) is 2.60. The Hall–Kier alpha value is -0.610. The van der Waals surface area contributed by atoms with Crippen LogP contribution in [-0.2, 0) is 9.53 Å². The van der Waals surface area contributed by atoms with E-state index in [1.54, 1.807) is 14.0 Å². The number of aliphatic hydroxyl groups is 1. The van der Waals surface area contributed by atoms with E-state index >= 15 is 0 Å². The Kier molecular flexibility index (Phi) is 7.39. The topological polar surface area (TPSA) is 58.6 Å². The van der Waals surface area contributed by atoms with E-state index in [1.807, 2.05) is 0 Å². The Morgan fingerprint density at radius 3 is 2.53 bits per heavy atom. The maximum atomic E-state index is 11.9. The SMILES string of the molecule is COCCC(C)(O)CNC(=O)CC1CCCCCC1. The quantitative estimate of drug-likeness (QED) is 0.698. The van der Waals surface area contributed by atoms with Crippen molar-refractivity contribution in [2.45, 2.75) is 63.9 Å². The van der Waals surface area contributed by atoms with Gasteiger partial charge in [-0.3, -0.25) is 4.79 Å². The van der Waals surface area contributed by atoms with E-state index in [9.17, 15) is 9.90 Å². The maximum Gasteiger partial charge on any atom is 0.220 e. The molecule has 0 aromatic rings. The molecule has 1 amide bonds. The van der Waals surface area contributed by atoms with Gasteiger partial charge in [0.15, 0.2) is 0 Å². The summed E-state index contributed by atoms with van der Waals surface area (Å²) >= 11 is 0. The summed E-state index contributed by atoms with van der Waals surface area (Å²) in [4.78, 5) is 11.9. The van der Waals surface area contributed by atoms with Crippen LogP contribution in [0.3, 0.4) is 0 Å². The van der Waals surface area contributed by atoms with E-state index in [-0.39, 0.29) is 5.91 Å². The lowest BCUT2D eigenvalue weighted by Crippen LogP contribution is -2.41. The first-order chi connectivity index (χ1) is 9.03. The molecule has 0 saturated heterocycles. The Balaban J connectivity index is 2.22. The number of nitrogens with one attached hydrogen (secondary N) is 1. The molecule has 0 bridgehead atoms. The summed E-state index contributed by atoms with van der Waals surface area (Å²) in [6.45, 7) is 2.55. The number of carbonyl (C=O) groups is 1. The average molecular weight is 271 g/mol. The Bertz CT molecular complexity index is 258. The zero-order chi connectivity index (χ0) is 14.1. The van der Waals surface area contributed by atoms with Gasteiger partial charge in [0.1, 0.15) is 0 Å². The summed E-state index contributed by atoms with van der Waals surface area (Å²) in [5, 5.41) is 12.9. The highest BCUT2D eigenvalue weighted by Gasteiger charge is 2.22. The highest BCUT2D eigenvalue weighted by molar-refractivity contribution is 5.76. The predicted octanol–water partition coefficient (Wildman–Crippen LogP) is 2.25. The zero-order valence-corrected chi connectivity index (χ0v) is 12.4. The lowest BCUT2D eigenvalue weighted by molar-refractivity contribution is -0.123. The maximum absolute atomic E-state index is 11.9. The van der Waals surface area contributed by atoms with Gasteiger partial charge >= 0.3 is 0 Å². The van der Waals surface area contributed by atoms with Gasteiger partial charge in [0, 0.05) is 33.1 Å². The summed E-state index contributed by atoms with van der Waals surface area (Å²) in [6.07, 6.45) is 8.62. The summed E-state index contributed by atoms with van der Waals surface area (Å²) in [5.41, 5.74) is -0.880. The molecule has 1 rings (SSSR count).